The van der Waals surface area contributed by atoms with Gasteiger partial charge in [-0.05, 0) is 32.4 Å². The molecule has 2 aromatic rings. The molecule has 0 amide bonds. The molecule has 0 aliphatic heterocycles. The highest BCUT2D eigenvalue weighted by molar-refractivity contribution is 6.31. The van der Waals surface area contributed by atoms with Crippen molar-refractivity contribution in [1.82, 2.24) is 20.1 Å². The Kier molecular flexibility index (Phi) is 5.42. The first-order valence-corrected chi connectivity index (χ1v) is 7.79. The Morgan fingerprint density at radius 1 is 1.45 bits per heavy atom. The van der Waals surface area contributed by atoms with Gasteiger partial charge in [0.2, 0.25) is 5.88 Å². The van der Waals surface area contributed by atoms with Crippen LogP contribution in [0.3, 0.4) is 0 Å². The Bertz CT molecular complexity index is 628. The van der Waals surface area contributed by atoms with Gasteiger partial charge in [0.1, 0.15) is 11.6 Å². The van der Waals surface area contributed by atoms with E-state index >= 15 is 0 Å². The zero-order chi connectivity index (χ0) is 16.2. The van der Waals surface area contributed by atoms with Crippen LogP contribution in [0, 0.1) is 6.92 Å². The molecule has 6 heteroatoms. The van der Waals surface area contributed by atoms with E-state index in [4.69, 9.17) is 16.3 Å². The number of nitrogens with zero attached hydrogens (tertiary/aromatic N) is 3. The minimum atomic E-state index is -0.164. The van der Waals surface area contributed by atoms with Crippen molar-refractivity contribution in [3.05, 3.63) is 40.8 Å². The second kappa shape index (κ2) is 7.11. The van der Waals surface area contributed by atoms with Crippen molar-refractivity contribution in [2.24, 2.45) is 7.05 Å². The normalized spacial score (nSPS) is 13.9. The molecule has 1 atom stereocenters. The van der Waals surface area contributed by atoms with E-state index in [9.17, 15) is 0 Å². The fourth-order valence-corrected chi connectivity index (χ4v) is 2.19. The molecule has 2 rings (SSSR count). The van der Waals surface area contributed by atoms with E-state index in [2.05, 4.69) is 36.2 Å². The Morgan fingerprint density at radius 3 is 2.82 bits per heavy atom. The molecule has 5 nitrogen and oxygen atoms in total. The smallest absolute Gasteiger partial charge is 0.232 e. The maximum atomic E-state index is 6.07. The number of rotatable bonds is 7. The zero-order valence-corrected chi connectivity index (χ0v) is 14.3. The van der Waals surface area contributed by atoms with Crippen molar-refractivity contribution in [2.75, 3.05) is 6.61 Å². The van der Waals surface area contributed by atoms with Crippen LogP contribution in [0.4, 0.5) is 0 Å². The van der Waals surface area contributed by atoms with Crippen molar-refractivity contribution in [3.8, 4) is 5.88 Å². The van der Waals surface area contributed by atoms with Crippen LogP contribution < -0.4 is 10.1 Å². The van der Waals surface area contributed by atoms with E-state index in [1.165, 1.54) is 11.3 Å². The number of ether oxygens (including phenoxy) is 1. The minimum Gasteiger partial charge on any atom is -0.475 e. The van der Waals surface area contributed by atoms with Gasteiger partial charge in [0.05, 0.1) is 6.20 Å². The van der Waals surface area contributed by atoms with Crippen LogP contribution in [0.15, 0.2) is 24.5 Å². The molecular formula is C16H23ClN4O. The molecule has 0 fully saturated rings. The first-order valence-electron chi connectivity index (χ1n) is 7.41. The predicted octanol–water partition coefficient (Wildman–Crippen LogP) is 3.11. The lowest BCUT2D eigenvalue weighted by Crippen LogP contribution is -2.46. The average molecular weight is 323 g/mol. The van der Waals surface area contributed by atoms with Crippen LogP contribution in [0.25, 0.3) is 0 Å². The average Bonchev–Trinajstić information content (AvgIpc) is 2.84. The molecule has 0 saturated heterocycles. The van der Waals surface area contributed by atoms with Gasteiger partial charge in [-0.15, -0.1) is 0 Å². The lowest BCUT2D eigenvalue weighted by Gasteiger charge is -2.29. The molecular weight excluding hydrogens is 300 g/mol. The van der Waals surface area contributed by atoms with E-state index in [1.54, 1.807) is 18.3 Å². The Labute approximate surface area is 136 Å². The molecule has 0 aliphatic rings. The fraction of sp³-hybridized carbons (Fsp3) is 0.500. The number of hydrogen-bond donors (Lipinski definition) is 1. The Balaban J connectivity index is 1.96. The molecule has 22 heavy (non-hydrogen) atoms. The SMILES string of the molecule is CC[C@@](C)(COc1ncccc1Cl)NCc1cnn(C)c1C. The van der Waals surface area contributed by atoms with Gasteiger partial charge in [-0.1, -0.05) is 18.5 Å². The Morgan fingerprint density at radius 2 is 2.23 bits per heavy atom. The topological polar surface area (TPSA) is 52.0 Å². The minimum absolute atomic E-state index is 0.164. The molecule has 120 valence electrons. The summed E-state index contributed by atoms with van der Waals surface area (Å²) in [6.45, 7) is 7.59. The second-order valence-corrected chi connectivity index (χ2v) is 6.13. The van der Waals surface area contributed by atoms with Gasteiger partial charge < -0.3 is 10.1 Å². The third-order valence-corrected chi connectivity index (χ3v) is 4.36. The summed E-state index contributed by atoms with van der Waals surface area (Å²) in [5, 5.41) is 8.35. The number of nitrogens with one attached hydrogen (secondary N) is 1. The lowest BCUT2D eigenvalue weighted by molar-refractivity contribution is 0.182. The van der Waals surface area contributed by atoms with Crippen molar-refractivity contribution in [1.29, 1.82) is 0 Å². The maximum absolute atomic E-state index is 6.07. The highest BCUT2D eigenvalue weighted by Crippen LogP contribution is 2.22. The first-order chi connectivity index (χ1) is 10.4. The molecule has 1 N–H and O–H groups in total. The van der Waals surface area contributed by atoms with Gasteiger partial charge in [-0.3, -0.25) is 4.68 Å². The van der Waals surface area contributed by atoms with Gasteiger partial charge in [0.25, 0.3) is 0 Å². The summed E-state index contributed by atoms with van der Waals surface area (Å²) in [5.41, 5.74) is 2.20. The van der Waals surface area contributed by atoms with Crippen LogP contribution >= 0.6 is 11.6 Å². The number of aryl methyl sites for hydroxylation is 1. The second-order valence-electron chi connectivity index (χ2n) is 5.73. The quantitative estimate of drug-likeness (QED) is 0.851. The molecule has 0 unspecified atom stereocenters. The standard InChI is InChI=1S/C16H23ClN4O/c1-5-16(3,11-22-15-14(17)7-6-8-18-15)19-9-13-10-20-21(4)12(13)2/h6-8,10,19H,5,9,11H2,1-4H3/t16-/m0/s1. The Hall–Kier alpha value is -1.59. The molecule has 0 aliphatic carbocycles. The van der Waals surface area contributed by atoms with Gasteiger partial charge in [0, 0.05) is 36.6 Å². The van der Waals surface area contributed by atoms with Crippen LogP contribution in [0.2, 0.25) is 5.02 Å². The van der Waals surface area contributed by atoms with E-state index in [0.29, 0.717) is 17.5 Å². The highest BCUT2D eigenvalue weighted by Gasteiger charge is 2.23. The fourth-order valence-electron chi connectivity index (χ4n) is 2.01. The summed E-state index contributed by atoms with van der Waals surface area (Å²) in [6, 6.07) is 3.57. The molecule has 0 radical (unpaired) electrons. The van der Waals surface area contributed by atoms with Gasteiger partial charge >= 0.3 is 0 Å². The highest BCUT2D eigenvalue weighted by atomic mass is 35.5. The lowest BCUT2D eigenvalue weighted by atomic mass is 10.00. The van der Waals surface area contributed by atoms with E-state index in [-0.39, 0.29) is 5.54 Å². The molecule has 0 saturated carbocycles. The number of aromatic nitrogens is 3. The van der Waals surface area contributed by atoms with E-state index < -0.39 is 0 Å². The predicted molar refractivity (Wildman–Crippen MR) is 88.2 cm³/mol. The van der Waals surface area contributed by atoms with Crippen molar-refractivity contribution >= 4 is 11.6 Å². The van der Waals surface area contributed by atoms with Crippen LogP contribution in [0.1, 0.15) is 31.5 Å². The van der Waals surface area contributed by atoms with Crippen LogP contribution in [0.5, 0.6) is 5.88 Å². The van der Waals surface area contributed by atoms with E-state index in [1.807, 2.05) is 17.9 Å². The third-order valence-electron chi connectivity index (χ3n) is 4.08. The molecule has 0 spiro atoms. The van der Waals surface area contributed by atoms with Crippen molar-refractivity contribution in [2.45, 2.75) is 39.3 Å². The van der Waals surface area contributed by atoms with Crippen molar-refractivity contribution < 1.29 is 4.74 Å². The van der Waals surface area contributed by atoms with Gasteiger partial charge in [-0.2, -0.15) is 5.10 Å². The first kappa shape index (κ1) is 16.8. The molecule has 2 aromatic heterocycles. The number of hydrogen-bond acceptors (Lipinski definition) is 4. The van der Waals surface area contributed by atoms with Gasteiger partial charge in [0.15, 0.2) is 0 Å². The molecule has 0 bridgehead atoms. The van der Waals surface area contributed by atoms with Crippen molar-refractivity contribution in [3.63, 3.8) is 0 Å². The van der Waals surface area contributed by atoms with E-state index in [0.717, 1.165) is 13.0 Å². The summed E-state index contributed by atoms with van der Waals surface area (Å²) in [4.78, 5) is 4.16. The monoisotopic (exact) mass is 322 g/mol. The molecule has 2 heterocycles. The third kappa shape index (κ3) is 3.99. The zero-order valence-electron chi connectivity index (χ0n) is 13.6. The summed E-state index contributed by atoms with van der Waals surface area (Å²) >= 11 is 6.07. The summed E-state index contributed by atoms with van der Waals surface area (Å²) < 4.78 is 7.67. The van der Waals surface area contributed by atoms with Crippen LogP contribution in [-0.2, 0) is 13.6 Å². The number of pyridine rings is 1. The summed E-state index contributed by atoms with van der Waals surface area (Å²) in [5.74, 6) is 0.475. The number of halogens is 1. The summed E-state index contributed by atoms with van der Waals surface area (Å²) in [7, 11) is 1.95. The summed E-state index contributed by atoms with van der Waals surface area (Å²) in [6.07, 6.45) is 4.50. The van der Waals surface area contributed by atoms with Crippen LogP contribution in [-0.4, -0.2) is 26.9 Å². The van der Waals surface area contributed by atoms with Gasteiger partial charge in [-0.25, -0.2) is 4.98 Å². The largest absolute Gasteiger partial charge is 0.475 e. The molecule has 0 aromatic carbocycles. The maximum Gasteiger partial charge on any atom is 0.232 e.